The second kappa shape index (κ2) is 7.24. The largest absolute Gasteiger partial charge is 0.351 e. The van der Waals surface area contributed by atoms with Gasteiger partial charge in [-0.1, -0.05) is 13.8 Å². The topological polar surface area (TPSA) is 18.5 Å². The third-order valence-corrected chi connectivity index (χ3v) is 1.81. The first-order valence-electron chi connectivity index (χ1n) is 4.91. The molecule has 17 heavy (non-hydrogen) atoms. The average Bonchev–Trinajstić information content (AvgIpc) is 2.34. The van der Waals surface area contributed by atoms with E-state index in [-0.39, 0.29) is 6.07 Å². The van der Waals surface area contributed by atoms with Crippen molar-refractivity contribution in [2.75, 3.05) is 14.2 Å². The first-order valence-corrected chi connectivity index (χ1v) is 4.91. The highest BCUT2D eigenvalue weighted by molar-refractivity contribution is 5.23. The smallest absolute Gasteiger partial charge is 0.189 e. The SMILES string of the molecule is CC.COC(OC)c1c(F)c(F)cc(F)c1F. The molecule has 0 aromatic heterocycles. The molecule has 0 heterocycles. The lowest BCUT2D eigenvalue weighted by atomic mass is 10.1. The standard InChI is InChI=1S/C9H8F4O2.C2H6/c1-14-9(15-2)6-7(12)4(10)3-5(11)8(6)13;1-2/h3,9H,1-2H3;1-2H3. The van der Waals surface area contributed by atoms with Gasteiger partial charge in [0.15, 0.2) is 29.6 Å². The molecule has 0 bridgehead atoms. The van der Waals surface area contributed by atoms with Crippen molar-refractivity contribution in [2.45, 2.75) is 20.1 Å². The van der Waals surface area contributed by atoms with Crippen molar-refractivity contribution in [3.05, 3.63) is 34.9 Å². The molecular weight excluding hydrogens is 240 g/mol. The first kappa shape index (κ1) is 15.9. The third-order valence-electron chi connectivity index (χ3n) is 1.81. The second-order valence-corrected chi connectivity index (χ2v) is 2.69. The fraction of sp³-hybridized carbons (Fsp3) is 0.455. The summed E-state index contributed by atoms with van der Waals surface area (Å²) in [6.07, 6.45) is -1.49. The summed E-state index contributed by atoms with van der Waals surface area (Å²) in [5.74, 6) is -6.05. The molecule has 1 rings (SSSR count). The van der Waals surface area contributed by atoms with E-state index in [0.29, 0.717) is 0 Å². The molecule has 6 heteroatoms. The normalized spacial score (nSPS) is 10.2. The van der Waals surface area contributed by atoms with Crippen molar-refractivity contribution in [2.24, 2.45) is 0 Å². The summed E-state index contributed by atoms with van der Waals surface area (Å²) in [4.78, 5) is 0. The monoisotopic (exact) mass is 254 g/mol. The van der Waals surface area contributed by atoms with Gasteiger partial charge in [-0.15, -0.1) is 0 Å². The molecule has 0 radical (unpaired) electrons. The Morgan fingerprint density at radius 2 is 1.24 bits per heavy atom. The van der Waals surface area contributed by atoms with Gasteiger partial charge in [0.1, 0.15) is 0 Å². The molecule has 0 aliphatic rings. The molecule has 0 aliphatic heterocycles. The van der Waals surface area contributed by atoms with Crippen LogP contribution < -0.4 is 0 Å². The predicted octanol–water partition coefficient (Wildman–Crippen LogP) is 3.56. The highest BCUT2D eigenvalue weighted by Crippen LogP contribution is 2.27. The first-order chi connectivity index (χ1) is 8.02. The zero-order valence-electron chi connectivity index (χ0n) is 9.98. The van der Waals surface area contributed by atoms with Gasteiger partial charge in [0, 0.05) is 20.3 Å². The van der Waals surface area contributed by atoms with Crippen molar-refractivity contribution in [1.82, 2.24) is 0 Å². The zero-order chi connectivity index (χ0) is 13.6. The number of rotatable bonds is 3. The molecule has 0 saturated heterocycles. The predicted molar refractivity (Wildman–Crippen MR) is 54.4 cm³/mol. The van der Waals surface area contributed by atoms with Crippen LogP contribution in [0.5, 0.6) is 0 Å². The van der Waals surface area contributed by atoms with E-state index in [4.69, 9.17) is 0 Å². The number of methoxy groups -OCH3 is 2. The number of hydrogen-bond donors (Lipinski definition) is 0. The van der Waals surface area contributed by atoms with Gasteiger partial charge in [-0.05, 0) is 0 Å². The van der Waals surface area contributed by atoms with Crippen LogP contribution >= 0.6 is 0 Å². The van der Waals surface area contributed by atoms with E-state index >= 15 is 0 Å². The summed E-state index contributed by atoms with van der Waals surface area (Å²) in [5.41, 5.74) is -0.919. The molecule has 0 fully saturated rings. The number of benzene rings is 1. The van der Waals surface area contributed by atoms with Crippen LogP contribution in [0, 0.1) is 23.3 Å². The van der Waals surface area contributed by atoms with Crippen LogP contribution in [0.4, 0.5) is 17.6 Å². The Bertz CT molecular complexity index is 339. The Kier molecular flexibility index (Phi) is 6.75. The van der Waals surface area contributed by atoms with Crippen LogP contribution in [0.3, 0.4) is 0 Å². The maximum atomic E-state index is 13.1. The molecule has 0 spiro atoms. The van der Waals surface area contributed by atoms with Crippen molar-refractivity contribution in [3.63, 3.8) is 0 Å². The van der Waals surface area contributed by atoms with Gasteiger partial charge in [0.05, 0.1) is 5.56 Å². The molecule has 0 amide bonds. The second-order valence-electron chi connectivity index (χ2n) is 2.69. The molecule has 0 aliphatic carbocycles. The molecule has 0 unspecified atom stereocenters. The van der Waals surface area contributed by atoms with Gasteiger partial charge in [0.25, 0.3) is 0 Å². The molecule has 0 N–H and O–H groups in total. The summed E-state index contributed by atoms with van der Waals surface area (Å²) in [7, 11) is 2.19. The van der Waals surface area contributed by atoms with E-state index in [1.54, 1.807) is 0 Å². The maximum Gasteiger partial charge on any atom is 0.189 e. The van der Waals surface area contributed by atoms with E-state index in [0.717, 1.165) is 14.2 Å². The fourth-order valence-corrected chi connectivity index (χ4v) is 1.13. The summed E-state index contributed by atoms with van der Waals surface area (Å²) < 4.78 is 60.8. The maximum absolute atomic E-state index is 13.1. The van der Waals surface area contributed by atoms with Gasteiger partial charge in [-0.3, -0.25) is 0 Å². The minimum absolute atomic E-state index is 0.122. The van der Waals surface area contributed by atoms with Crippen LogP contribution in [0.1, 0.15) is 25.7 Å². The van der Waals surface area contributed by atoms with Crippen molar-refractivity contribution < 1.29 is 27.0 Å². The summed E-state index contributed by atoms with van der Waals surface area (Å²) >= 11 is 0. The Morgan fingerprint density at radius 3 is 1.53 bits per heavy atom. The van der Waals surface area contributed by atoms with Crippen LogP contribution in [0.25, 0.3) is 0 Å². The quantitative estimate of drug-likeness (QED) is 0.466. The lowest BCUT2D eigenvalue weighted by Crippen LogP contribution is -2.12. The zero-order valence-corrected chi connectivity index (χ0v) is 9.98. The Labute approximate surface area is 97.2 Å². The summed E-state index contributed by atoms with van der Waals surface area (Å²) in [5, 5.41) is 0. The molecule has 98 valence electrons. The number of halogens is 4. The van der Waals surface area contributed by atoms with E-state index in [1.807, 2.05) is 13.8 Å². The minimum atomic E-state index is -1.53. The van der Waals surface area contributed by atoms with Crippen LogP contribution in [-0.4, -0.2) is 14.2 Å². The van der Waals surface area contributed by atoms with Crippen molar-refractivity contribution in [1.29, 1.82) is 0 Å². The number of hydrogen-bond acceptors (Lipinski definition) is 2. The average molecular weight is 254 g/mol. The number of ether oxygens (including phenoxy) is 2. The third kappa shape index (κ3) is 3.41. The minimum Gasteiger partial charge on any atom is -0.351 e. The fourth-order valence-electron chi connectivity index (χ4n) is 1.13. The van der Waals surface area contributed by atoms with E-state index < -0.39 is 35.1 Å². The summed E-state index contributed by atoms with van der Waals surface area (Å²) in [6, 6.07) is 0.122. The van der Waals surface area contributed by atoms with Crippen LogP contribution in [0.15, 0.2) is 6.07 Å². The van der Waals surface area contributed by atoms with E-state index in [2.05, 4.69) is 9.47 Å². The Morgan fingerprint density at radius 1 is 0.882 bits per heavy atom. The lowest BCUT2D eigenvalue weighted by molar-refractivity contribution is -0.110. The van der Waals surface area contributed by atoms with Gasteiger partial charge in [-0.25, -0.2) is 17.6 Å². The Balaban J connectivity index is 0.00000121. The molecule has 0 atom stereocenters. The Hall–Kier alpha value is -1.14. The van der Waals surface area contributed by atoms with Crippen LogP contribution in [-0.2, 0) is 9.47 Å². The van der Waals surface area contributed by atoms with E-state index in [1.165, 1.54) is 0 Å². The van der Waals surface area contributed by atoms with Crippen LogP contribution in [0.2, 0.25) is 0 Å². The molecular formula is C11H14F4O2. The highest BCUT2D eigenvalue weighted by atomic mass is 19.2. The molecule has 0 saturated carbocycles. The highest BCUT2D eigenvalue weighted by Gasteiger charge is 2.25. The van der Waals surface area contributed by atoms with Crippen molar-refractivity contribution in [3.8, 4) is 0 Å². The van der Waals surface area contributed by atoms with E-state index in [9.17, 15) is 17.6 Å². The van der Waals surface area contributed by atoms with Gasteiger partial charge >= 0.3 is 0 Å². The molecule has 1 aromatic carbocycles. The van der Waals surface area contributed by atoms with Gasteiger partial charge in [0.2, 0.25) is 0 Å². The van der Waals surface area contributed by atoms with Crippen molar-refractivity contribution >= 4 is 0 Å². The summed E-state index contributed by atoms with van der Waals surface area (Å²) in [6.45, 7) is 4.00. The van der Waals surface area contributed by atoms with Gasteiger partial charge < -0.3 is 9.47 Å². The molecule has 2 nitrogen and oxygen atoms in total. The van der Waals surface area contributed by atoms with Gasteiger partial charge in [-0.2, -0.15) is 0 Å². The molecule has 1 aromatic rings. The lowest BCUT2D eigenvalue weighted by Gasteiger charge is -2.15.